The molecule has 1 aromatic carbocycles. The zero-order valence-corrected chi connectivity index (χ0v) is 8.97. The predicted molar refractivity (Wildman–Crippen MR) is 60.9 cm³/mol. The molecule has 15 heavy (non-hydrogen) atoms. The summed E-state index contributed by atoms with van der Waals surface area (Å²) < 4.78 is 5.24. The third kappa shape index (κ3) is 9.00. The fraction of sp³-hybridized carbons (Fsp3) is 0.333. The molecule has 3 heteroatoms. The molecule has 3 nitrogen and oxygen atoms in total. The SMILES string of the molecule is C=CCOc1ccccc1.CC(O)CO. The van der Waals surface area contributed by atoms with Crippen LogP contribution in [0.15, 0.2) is 43.0 Å². The van der Waals surface area contributed by atoms with Crippen molar-refractivity contribution in [2.75, 3.05) is 13.2 Å². The second kappa shape index (κ2) is 9.24. The van der Waals surface area contributed by atoms with Gasteiger partial charge in [0.15, 0.2) is 0 Å². The summed E-state index contributed by atoms with van der Waals surface area (Å²) in [4.78, 5) is 0. The van der Waals surface area contributed by atoms with Crippen LogP contribution in [-0.2, 0) is 0 Å². The molecule has 0 aliphatic rings. The minimum atomic E-state index is -0.560. The Hall–Kier alpha value is -1.32. The Morgan fingerprint density at radius 1 is 1.40 bits per heavy atom. The molecule has 0 heterocycles. The highest BCUT2D eigenvalue weighted by Gasteiger charge is 1.85. The molecule has 1 rings (SSSR count). The Labute approximate surface area is 90.6 Å². The van der Waals surface area contributed by atoms with Gasteiger partial charge < -0.3 is 14.9 Å². The molecule has 0 aromatic heterocycles. The van der Waals surface area contributed by atoms with Crippen LogP contribution in [0.4, 0.5) is 0 Å². The van der Waals surface area contributed by atoms with Crippen LogP contribution >= 0.6 is 0 Å². The third-order valence-corrected chi connectivity index (χ3v) is 1.38. The Morgan fingerprint density at radius 2 is 1.93 bits per heavy atom. The molecular formula is C12H18O3. The Morgan fingerprint density at radius 3 is 2.33 bits per heavy atom. The van der Waals surface area contributed by atoms with Crippen molar-refractivity contribution >= 4 is 0 Å². The van der Waals surface area contributed by atoms with Gasteiger partial charge in [-0.2, -0.15) is 0 Å². The summed E-state index contributed by atoms with van der Waals surface area (Å²) in [6, 6.07) is 9.69. The molecule has 0 amide bonds. The summed E-state index contributed by atoms with van der Waals surface area (Å²) >= 11 is 0. The van der Waals surface area contributed by atoms with E-state index in [4.69, 9.17) is 14.9 Å². The van der Waals surface area contributed by atoms with E-state index >= 15 is 0 Å². The van der Waals surface area contributed by atoms with Crippen molar-refractivity contribution in [1.29, 1.82) is 0 Å². The van der Waals surface area contributed by atoms with Gasteiger partial charge in [0.05, 0.1) is 12.7 Å². The van der Waals surface area contributed by atoms with Crippen LogP contribution in [0.1, 0.15) is 6.92 Å². The Balaban J connectivity index is 0.000000336. The second-order valence-corrected chi connectivity index (χ2v) is 2.94. The lowest BCUT2D eigenvalue weighted by molar-refractivity contribution is 0.110. The number of ether oxygens (including phenoxy) is 1. The molecule has 0 fully saturated rings. The average Bonchev–Trinajstić information content (AvgIpc) is 2.28. The van der Waals surface area contributed by atoms with Crippen LogP contribution in [-0.4, -0.2) is 29.5 Å². The number of benzene rings is 1. The Bertz CT molecular complexity index is 244. The molecule has 0 spiro atoms. The molecule has 84 valence electrons. The highest BCUT2D eigenvalue weighted by atomic mass is 16.5. The van der Waals surface area contributed by atoms with Gasteiger partial charge in [0.25, 0.3) is 0 Å². The first kappa shape index (κ1) is 13.7. The van der Waals surface area contributed by atoms with E-state index in [0.29, 0.717) is 6.61 Å². The van der Waals surface area contributed by atoms with Crippen molar-refractivity contribution in [2.24, 2.45) is 0 Å². The molecule has 0 saturated heterocycles. The summed E-state index contributed by atoms with van der Waals surface area (Å²) in [5, 5.41) is 16.0. The van der Waals surface area contributed by atoms with E-state index in [-0.39, 0.29) is 6.61 Å². The van der Waals surface area contributed by atoms with E-state index in [1.54, 1.807) is 6.08 Å². The van der Waals surface area contributed by atoms with Gasteiger partial charge in [-0.05, 0) is 19.1 Å². The van der Waals surface area contributed by atoms with Gasteiger partial charge in [-0.1, -0.05) is 30.9 Å². The summed E-state index contributed by atoms with van der Waals surface area (Å²) in [6.07, 6.45) is 1.17. The van der Waals surface area contributed by atoms with E-state index in [1.807, 2.05) is 30.3 Å². The highest BCUT2D eigenvalue weighted by molar-refractivity contribution is 5.20. The molecule has 0 aliphatic heterocycles. The fourth-order valence-corrected chi connectivity index (χ4v) is 0.672. The van der Waals surface area contributed by atoms with E-state index in [9.17, 15) is 0 Å². The highest BCUT2D eigenvalue weighted by Crippen LogP contribution is 2.07. The standard InChI is InChI=1S/C9H10O.C3H8O2/c1-2-8-10-9-6-4-3-5-7-9;1-3(5)2-4/h2-7H,1,8H2;3-5H,2H2,1H3. The van der Waals surface area contributed by atoms with E-state index in [0.717, 1.165) is 5.75 Å². The first-order valence-electron chi connectivity index (χ1n) is 4.78. The van der Waals surface area contributed by atoms with Crippen LogP contribution in [0.3, 0.4) is 0 Å². The number of aliphatic hydroxyl groups excluding tert-OH is 2. The monoisotopic (exact) mass is 210 g/mol. The smallest absolute Gasteiger partial charge is 0.119 e. The summed E-state index contributed by atoms with van der Waals surface area (Å²) in [7, 11) is 0. The van der Waals surface area contributed by atoms with Crippen LogP contribution in [0.5, 0.6) is 5.75 Å². The van der Waals surface area contributed by atoms with Crippen molar-refractivity contribution in [1.82, 2.24) is 0 Å². The Kier molecular flexibility index (Phi) is 8.43. The van der Waals surface area contributed by atoms with Gasteiger partial charge in [-0.3, -0.25) is 0 Å². The minimum Gasteiger partial charge on any atom is -0.490 e. The van der Waals surface area contributed by atoms with Gasteiger partial charge in [-0.25, -0.2) is 0 Å². The van der Waals surface area contributed by atoms with Crippen molar-refractivity contribution in [3.8, 4) is 5.75 Å². The summed E-state index contributed by atoms with van der Waals surface area (Å²) in [5.41, 5.74) is 0. The van der Waals surface area contributed by atoms with E-state index in [2.05, 4.69) is 6.58 Å². The molecule has 0 bridgehead atoms. The first-order valence-corrected chi connectivity index (χ1v) is 4.78. The average molecular weight is 210 g/mol. The lowest BCUT2D eigenvalue weighted by Gasteiger charge is -1.99. The predicted octanol–water partition coefficient (Wildman–Crippen LogP) is 1.61. The number of para-hydroxylation sites is 1. The van der Waals surface area contributed by atoms with Crippen LogP contribution < -0.4 is 4.74 Å². The molecule has 0 saturated carbocycles. The van der Waals surface area contributed by atoms with Crippen molar-refractivity contribution < 1.29 is 14.9 Å². The number of rotatable bonds is 4. The van der Waals surface area contributed by atoms with Gasteiger partial charge in [0.1, 0.15) is 12.4 Å². The minimum absolute atomic E-state index is 0.139. The van der Waals surface area contributed by atoms with Gasteiger partial charge in [-0.15, -0.1) is 0 Å². The van der Waals surface area contributed by atoms with Gasteiger partial charge >= 0.3 is 0 Å². The van der Waals surface area contributed by atoms with Gasteiger partial charge in [0, 0.05) is 0 Å². The van der Waals surface area contributed by atoms with E-state index < -0.39 is 6.10 Å². The van der Waals surface area contributed by atoms with Crippen LogP contribution in [0.2, 0.25) is 0 Å². The molecule has 1 unspecified atom stereocenters. The number of hydrogen-bond donors (Lipinski definition) is 2. The maximum Gasteiger partial charge on any atom is 0.119 e. The maximum atomic E-state index is 8.11. The second-order valence-electron chi connectivity index (χ2n) is 2.94. The maximum absolute atomic E-state index is 8.11. The summed E-state index contributed by atoms with van der Waals surface area (Å²) in [6.45, 7) is 5.51. The quantitative estimate of drug-likeness (QED) is 0.742. The largest absolute Gasteiger partial charge is 0.490 e. The first-order chi connectivity index (χ1) is 7.20. The molecule has 1 aromatic rings. The summed E-state index contributed by atoms with van der Waals surface area (Å²) in [5.74, 6) is 0.891. The van der Waals surface area contributed by atoms with Gasteiger partial charge in [0.2, 0.25) is 0 Å². The molecule has 2 N–H and O–H groups in total. The van der Waals surface area contributed by atoms with E-state index in [1.165, 1.54) is 6.92 Å². The van der Waals surface area contributed by atoms with Crippen molar-refractivity contribution in [2.45, 2.75) is 13.0 Å². The van der Waals surface area contributed by atoms with Crippen LogP contribution in [0, 0.1) is 0 Å². The molecule has 0 radical (unpaired) electrons. The lowest BCUT2D eigenvalue weighted by Crippen LogP contribution is -2.03. The normalized spacial score (nSPS) is 10.9. The number of aliphatic hydroxyl groups is 2. The topological polar surface area (TPSA) is 49.7 Å². The number of hydrogen-bond acceptors (Lipinski definition) is 3. The fourth-order valence-electron chi connectivity index (χ4n) is 0.672. The zero-order chi connectivity index (χ0) is 11.5. The molecular weight excluding hydrogens is 192 g/mol. The molecule has 1 atom stereocenters. The zero-order valence-electron chi connectivity index (χ0n) is 8.97. The van der Waals surface area contributed by atoms with Crippen molar-refractivity contribution in [3.63, 3.8) is 0 Å². The van der Waals surface area contributed by atoms with Crippen molar-refractivity contribution in [3.05, 3.63) is 43.0 Å². The lowest BCUT2D eigenvalue weighted by atomic mass is 10.3. The molecule has 0 aliphatic carbocycles. The van der Waals surface area contributed by atoms with Crippen LogP contribution in [0.25, 0.3) is 0 Å². The third-order valence-electron chi connectivity index (χ3n) is 1.38.